The first-order valence-corrected chi connectivity index (χ1v) is 5.97. The van der Waals surface area contributed by atoms with Gasteiger partial charge < -0.3 is 5.11 Å². The molecule has 0 radical (unpaired) electrons. The van der Waals surface area contributed by atoms with E-state index >= 15 is 0 Å². The predicted octanol–water partition coefficient (Wildman–Crippen LogP) is 3.74. The molecule has 0 aromatic heterocycles. The lowest BCUT2D eigenvalue weighted by molar-refractivity contribution is -0.00322. The summed E-state index contributed by atoms with van der Waals surface area (Å²) in [4.78, 5) is 0. The topological polar surface area (TPSA) is 20.2 Å². The van der Waals surface area contributed by atoms with E-state index < -0.39 is 5.60 Å². The first-order chi connectivity index (χ1) is 7.12. The van der Waals surface area contributed by atoms with Crippen molar-refractivity contribution in [3.05, 3.63) is 34.9 Å². The smallest absolute Gasteiger partial charge is 0.0910 e. The summed E-state index contributed by atoms with van der Waals surface area (Å²) in [6.45, 7) is 1.89. The highest BCUT2D eigenvalue weighted by molar-refractivity contribution is 6.31. The van der Waals surface area contributed by atoms with Crippen molar-refractivity contribution in [2.75, 3.05) is 0 Å². The van der Waals surface area contributed by atoms with Crippen molar-refractivity contribution in [2.45, 2.75) is 38.2 Å². The fourth-order valence-corrected chi connectivity index (χ4v) is 2.91. The van der Waals surface area contributed by atoms with E-state index in [2.05, 4.69) is 0 Å². The van der Waals surface area contributed by atoms with Gasteiger partial charge in [-0.25, -0.2) is 0 Å². The maximum absolute atomic E-state index is 10.6. The number of hydrogen-bond acceptors (Lipinski definition) is 1. The van der Waals surface area contributed by atoms with Crippen molar-refractivity contribution in [3.8, 4) is 0 Å². The Morgan fingerprint density at radius 2 is 1.87 bits per heavy atom. The molecule has 0 amide bonds. The summed E-state index contributed by atoms with van der Waals surface area (Å²) < 4.78 is 0. The molecule has 15 heavy (non-hydrogen) atoms. The summed E-state index contributed by atoms with van der Waals surface area (Å²) in [5.41, 5.74) is 0.105. The monoisotopic (exact) mass is 224 g/mol. The lowest BCUT2D eigenvalue weighted by Gasteiger charge is -2.31. The van der Waals surface area contributed by atoms with Crippen molar-refractivity contribution in [1.82, 2.24) is 0 Å². The summed E-state index contributed by atoms with van der Waals surface area (Å²) in [5.74, 6) is 0.359. The van der Waals surface area contributed by atoms with E-state index in [1.165, 1.54) is 12.8 Å². The Morgan fingerprint density at radius 3 is 2.47 bits per heavy atom. The molecule has 2 heteroatoms. The first-order valence-electron chi connectivity index (χ1n) is 5.60. The number of halogens is 1. The Hall–Kier alpha value is -0.530. The van der Waals surface area contributed by atoms with Gasteiger partial charge in [0.25, 0.3) is 0 Å². The van der Waals surface area contributed by atoms with Crippen LogP contribution in [0.3, 0.4) is 0 Å². The second-order valence-electron chi connectivity index (χ2n) is 4.61. The number of benzene rings is 1. The molecule has 2 rings (SSSR count). The lowest BCUT2D eigenvalue weighted by atomic mass is 9.82. The molecule has 1 aromatic carbocycles. The Labute approximate surface area is 96.1 Å². The second kappa shape index (κ2) is 4.15. The highest BCUT2D eigenvalue weighted by Gasteiger charge is 2.36. The molecule has 1 aliphatic rings. The molecule has 1 unspecified atom stereocenters. The van der Waals surface area contributed by atoms with E-state index in [-0.39, 0.29) is 0 Å². The molecule has 1 N–H and O–H groups in total. The van der Waals surface area contributed by atoms with Gasteiger partial charge in [-0.3, -0.25) is 0 Å². The summed E-state index contributed by atoms with van der Waals surface area (Å²) >= 11 is 6.13. The molecule has 0 bridgehead atoms. The van der Waals surface area contributed by atoms with E-state index in [0.717, 1.165) is 18.4 Å². The zero-order chi connectivity index (χ0) is 10.9. The van der Waals surface area contributed by atoms with E-state index in [4.69, 9.17) is 11.6 Å². The van der Waals surface area contributed by atoms with E-state index in [0.29, 0.717) is 10.9 Å². The summed E-state index contributed by atoms with van der Waals surface area (Å²) in [6, 6.07) is 7.61. The minimum atomic E-state index is -0.769. The molecular formula is C13H17ClO. The molecule has 1 saturated carbocycles. The molecule has 0 aliphatic heterocycles. The molecule has 1 nitrogen and oxygen atoms in total. The fraction of sp³-hybridized carbons (Fsp3) is 0.538. The Bertz CT molecular complexity index is 340. The normalized spacial score (nSPS) is 21.5. The summed E-state index contributed by atoms with van der Waals surface area (Å²) in [6.07, 6.45) is 4.67. The van der Waals surface area contributed by atoms with Crippen LogP contribution in [0.15, 0.2) is 24.3 Å². The molecule has 0 heterocycles. The van der Waals surface area contributed by atoms with Gasteiger partial charge in [-0.1, -0.05) is 42.6 Å². The van der Waals surface area contributed by atoms with Crippen LogP contribution in [0.4, 0.5) is 0 Å². The Kier molecular flexibility index (Phi) is 3.03. The molecule has 82 valence electrons. The number of hydrogen-bond donors (Lipinski definition) is 1. The largest absolute Gasteiger partial charge is 0.385 e. The molecule has 1 fully saturated rings. The van der Waals surface area contributed by atoms with Gasteiger partial charge in [0.15, 0.2) is 0 Å². The average Bonchev–Trinajstić information content (AvgIpc) is 2.71. The van der Waals surface area contributed by atoms with Gasteiger partial charge in [-0.15, -0.1) is 0 Å². The van der Waals surface area contributed by atoms with Crippen molar-refractivity contribution in [1.29, 1.82) is 0 Å². The molecular weight excluding hydrogens is 208 g/mol. The minimum Gasteiger partial charge on any atom is -0.385 e. The number of rotatable bonds is 2. The van der Waals surface area contributed by atoms with Crippen LogP contribution in [0, 0.1) is 5.92 Å². The van der Waals surface area contributed by atoms with Crippen LogP contribution in [0.2, 0.25) is 5.02 Å². The SMILES string of the molecule is CC(O)(c1ccccc1Cl)C1CCCC1. The number of aliphatic hydroxyl groups is 1. The van der Waals surface area contributed by atoms with Crippen molar-refractivity contribution < 1.29 is 5.11 Å². The van der Waals surface area contributed by atoms with Crippen LogP contribution in [0.5, 0.6) is 0 Å². The molecule has 1 atom stereocenters. The van der Waals surface area contributed by atoms with E-state index in [1.807, 2.05) is 31.2 Å². The van der Waals surface area contributed by atoms with Gasteiger partial charge in [-0.05, 0) is 31.7 Å². The first kappa shape index (κ1) is 11.0. The minimum absolute atomic E-state index is 0.359. The van der Waals surface area contributed by atoms with Crippen molar-refractivity contribution >= 4 is 11.6 Å². The van der Waals surface area contributed by atoms with Gasteiger partial charge in [0, 0.05) is 10.6 Å². The summed E-state index contributed by atoms with van der Waals surface area (Å²) in [7, 11) is 0. The third-order valence-electron chi connectivity index (χ3n) is 3.57. The Balaban J connectivity index is 2.31. The lowest BCUT2D eigenvalue weighted by Crippen LogP contribution is -2.30. The third kappa shape index (κ3) is 2.04. The second-order valence-corrected chi connectivity index (χ2v) is 5.02. The van der Waals surface area contributed by atoms with Crippen LogP contribution in [-0.2, 0) is 5.60 Å². The quantitative estimate of drug-likeness (QED) is 0.812. The van der Waals surface area contributed by atoms with Crippen LogP contribution >= 0.6 is 11.6 Å². The van der Waals surface area contributed by atoms with Crippen LogP contribution < -0.4 is 0 Å². The van der Waals surface area contributed by atoms with E-state index in [9.17, 15) is 5.11 Å². The van der Waals surface area contributed by atoms with Crippen molar-refractivity contribution in [3.63, 3.8) is 0 Å². The standard InChI is InChI=1S/C13H17ClO/c1-13(15,10-6-2-3-7-10)11-8-4-5-9-12(11)14/h4-5,8-10,15H,2-3,6-7H2,1H3. The maximum atomic E-state index is 10.6. The van der Waals surface area contributed by atoms with E-state index in [1.54, 1.807) is 0 Å². The summed E-state index contributed by atoms with van der Waals surface area (Å²) in [5, 5.41) is 11.3. The predicted molar refractivity (Wildman–Crippen MR) is 63.0 cm³/mol. The molecule has 0 saturated heterocycles. The molecule has 1 aromatic rings. The van der Waals surface area contributed by atoms with Crippen LogP contribution in [-0.4, -0.2) is 5.11 Å². The third-order valence-corrected chi connectivity index (χ3v) is 3.90. The zero-order valence-electron chi connectivity index (χ0n) is 9.04. The highest BCUT2D eigenvalue weighted by Crippen LogP contribution is 2.42. The van der Waals surface area contributed by atoms with Crippen molar-refractivity contribution in [2.24, 2.45) is 5.92 Å². The van der Waals surface area contributed by atoms with Gasteiger partial charge in [0.05, 0.1) is 5.60 Å². The molecule has 1 aliphatic carbocycles. The van der Waals surface area contributed by atoms with Gasteiger partial charge in [-0.2, -0.15) is 0 Å². The highest BCUT2D eigenvalue weighted by atomic mass is 35.5. The average molecular weight is 225 g/mol. The Morgan fingerprint density at radius 1 is 1.27 bits per heavy atom. The van der Waals surface area contributed by atoms with Crippen LogP contribution in [0.25, 0.3) is 0 Å². The fourth-order valence-electron chi connectivity index (χ4n) is 2.58. The van der Waals surface area contributed by atoms with Crippen LogP contribution in [0.1, 0.15) is 38.2 Å². The zero-order valence-corrected chi connectivity index (χ0v) is 9.80. The maximum Gasteiger partial charge on any atom is 0.0910 e. The van der Waals surface area contributed by atoms with Gasteiger partial charge >= 0.3 is 0 Å². The molecule has 0 spiro atoms. The van der Waals surface area contributed by atoms with Gasteiger partial charge in [0.1, 0.15) is 0 Å². The van der Waals surface area contributed by atoms with Gasteiger partial charge in [0.2, 0.25) is 0 Å².